The minimum atomic E-state index is 0. The summed E-state index contributed by atoms with van der Waals surface area (Å²) in [6.07, 6.45) is 1.85. The average molecular weight is 361 g/mol. The standard InChI is InChI=1S/C15H15NO.3CO.Cr/c1-17-15-10-6-5-9-14(15)12-16-11-13-7-3-2-4-8-13;3*1-2;/h2-10,12H,11H2,1H3;;;;. The van der Waals surface area contributed by atoms with Crippen LogP contribution in [0.25, 0.3) is 0 Å². The second-order valence-corrected chi connectivity index (χ2v) is 3.70. The summed E-state index contributed by atoms with van der Waals surface area (Å²) in [4.78, 5) is 4.42. The van der Waals surface area contributed by atoms with Gasteiger partial charge in [0.1, 0.15) is 5.75 Å². The van der Waals surface area contributed by atoms with Gasteiger partial charge in [-0.05, 0) is 17.7 Å². The van der Waals surface area contributed by atoms with Crippen molar-refractivity contribution >= 4 is 6.21 Å². The van der Waals surface area contributed by atoms with Crippen LogP contribution in [-0.2, 0) is 37.9 Å². The van der Waals surface area contributed by atoms with Crippen LogP contribution in [0.5, 0.6) is 5.75 Å². The van der Waals surface area contributed by atoms with Gasteiger partial charge in [0.15, 0.2) is 0 Å². The Bertz CT molecular complexity index is 607. The molecule has 0 saturated carbocycles. The molecular formula is C18H15CrNO4. The van der Waals surface area contributed by atoms with Crippen molar-refractivity contribution in [3.63, 3.8) is 0 Å². The largest absolute Gasteiger partial charge is 0 e. The quantitative estimate of drug-likeness (QED) is 0.468. The third kappa shape index (κ3) is 11.3. The first-order valence-electron chi connectivity index (χ1n) is 6.18. The van der Waals surface area contributed by atoms with Gasteiger partial charge in [-0.1, -0.05) is 42.5 Å². The van der Waals surface area contributed by atoms with E-state index in [4.69, 9.17) is 18.7 Å². The molecule has 5 nitrogen and oxygen atoms in total. The third-order valence-electron chi connectivity index (χ3n) is 2.49. The van der Waals surface area contributed by atoms with Gasteiger partial charge in [0, 0.05) is 29.1 Å². The number of rotatable bonds is 4. The molecule has 0 atom stereocenters. The molecule has 0 aliphatic rings. The van der Waals surface area contributed by atoms with E-state index in [0.717, 1.165) is 11.3 Å². The fourth-order valence-electron chi connectivity index (χ4n) is 1.61. The van der Waals surface area contributed by atoms with Gasteiger partial charge < -0.3 is 4.74 Å². The van der Waals surface area contributed by atoms with E-state index in [0.29, 0.717) is 6.54 Å². The van der Waals surface area contributed by atoms with E-state index in [-0.39, 0.29) is 17.4 Å². The number of nitrogens with zero attached hydrogens (tertiary/aromatic N) is 1. The molecule has 2 rings (SSSR count). The smallest absolute Gasteiger partial charge is 0 e. The number of para-hydroxylation sites is 1. The van der Waals surface area contributed by atoms with Crippen molar-refractivity contribution in [3.05, 3.63) is 85.7 Å². The zero-order chi connectivity index (χ0) is 17.9. The molecule has 0 aliphatic heterocycles. The summed E-state index contributed by atoms with van der Waals surface area (Å²) in [5, 5.41) is 0. The molecule has 0 heterocycles. The number of hydrogen-bond acceptors (Lipinski definition) is 2. The zero-order valence-corrected chi connectivity index (χ0v) is 14.2. The molecule has 2 aromatic carbocycles. The summed E-state index contributed by atoms with van der Waals surface area (Å²) < 4.78 is 27.8. The van der Waals surface area contributed by atoms with Crippen LogP contribution < -0.4 is 4.74 Å². The molecule has 0 aliphatic carbocycles. The number of ether oxygens (including phenoxy) is 1. The molecule has 0 radical (unpaired) electrons. The van der Waals surface area contributed by atoms with Crippen LogP contribution in [0.15, 0.2) is 59.6 Å². The van der Waals surface area contributed by atoms with E-state index in [1.165, 1.54) is 5.56 Å². The molecule has 0 fully saturated rings. The Morgan fingerprint density at radius 3 is 1.92 bits per heavy atom. The minimum absolute atomic E-state index is 0. The Hall–Kier alpha value is -2.34. The van der Waals surface area contributed by atoms with Gasteiger partial charge in [0.2, 0.25) is 0 Å². The van der Waals surface area contributed by atoms with Gasteiger partial charge >= 0.3 is 33.9 Å². The van der Waals surface area contributed by atoms with Gasteiger partial charge in [-0.25, -0.2) is 0 Å². The monoisotopic (exact) mass is 361 g/mol. The molecule has 0 bridgehead atoms. The summed E-state index contributed by atoms with van der Waals surface area (Å²) >= 11 is 0. The maximum absolute atomic E-state index is 7.50. The molecule has 0 N–H and O–H groups in total. The SMILES string of the molecule is COc1ccccc1C=NCc1ccccc1.[C-]#[O+].[C-]#[O+].[C-]#[O+].[Cr]. The summed E-state index contributed by atoms with van der Waals surface area (Å²) in [5.41, 5.74) is 2.21. The first-order chi connectivity index (χ1) is 11.4. The first kappa shape index (κ1) is 26.6. The Balaban J connectivity index is -0.000000569. The van der Waals surface area contributed by atoms with E-state index in [2.05, 4.69) is 37.1 Å². The topological polar surface area (TPSA) is 81.3 Å². The minimum Gasteiger partial charge on any atom is 0 e. The molecule has 122 valence electrons. The Kier molecular flexibility index (Phi) is 22.9. The van der Waals surface area contributed by atoms with Crippen LogP contribution in [0.2, 0.25) is 0 Å². The van der Waals surface area contributed by atoms with Gasteiger partial charge in [-0.15, -0.1) is 0 Å². The average Bonchev–Trinajstić information content (AvgIpc) is 2.68. The Morgan fingerprint density at radius 2 is 1.38 bits per heavy atom. The number of benzene rings is 2. The summed E-state index contributed by atoms with van der Waals surface area (Å²) in [7, 11) is 1.67. The van der Waals surface area contributed by atoms with Crippen molar-refractivity contribution < 1.29 is 36.1 Å². The van der Waals surface area contributed by atoms with Gasteiger partial charge in [0.25, 0.3) is 0 Å². The molecule has 0 unspecified atom stereocenters. The maximum atomic E-state index is 7.50. The van der Waals surface area contributed by atoms with E-state index in [9.17, 15) is 0 Å². The first-order valence-corrected chi connectivity index (χ1v) is 6.18. The van der Waals surface area contributed by atoms with Crippen LogP contribution in [0.3, 0.4) is 0 Å². The second-order valence-electron chi connectivity index (χ2n) is 3.70. The summed E-state index contributed by atoms with van der Waals surface area (Å²) in [6.45, 7) is 14.2. The fraction of sp³-hybridized carbons (Fsp3) is 0.111. The summed E-state index contributed by atoms with van der Waals surface area (Å²) in [5.74, 6) is 0.851. The van der Waals surface area contributed by atoms with Crippen LogP contribution in [0.4, 0.5) is 0 Å². The number of hydrogen-bond donors (Lipinski definition) is 0. The molecule has 2 aromatic rings. The van der Waals surface area contributed by atoms with Gasteiger partial charge in [-0.3, -0.25) is 4.99 Å². The number of methoxy groups -OCH3 is 1. The van der Waals surface area contributed by atoms with Crippen molar-refractivity contribution in [1.82, 2.24) is 0 Å². The molecule has 6 heteroatoms. The predicted octanol–water partition coefficient (Wildman–Crippen LogP) is 3.20. The Morgan fingerprint density at radius 1 is 0.875 bits per heavy atom. The van der Waals surface area contributed by atoms with E-state index in [1.807, 2.05) is 48.7 Å². The van der Waals surface area contributed by atoms with Crippen molar-refractivity contribution in [2.24, 2.45) is 4.99 Å². The predicted molar refractivity (Wildman–Crippen MR) is 82.5 cm³/mol. The molecular weight excluding hydrogens is 346 g/mol. The van der Waals surface area contributed by atoms with Crippen molar-refractivity contribution in [3.8, 4) is 5.75 Å². The van der Waals surface area contributed by atoms with Crippen LogP contribution >= 0.6 is 0 Å². The van der Waals surface area contributed by atoms with Crippen LogP contribution in [-0.4, -0.2) is 13.3 Å². The molecule has 0 spiro atoms. The number of aliphatic imine (C=N–C) groups is 1. The van der Waals surface area contributed by atoms with Gasteiger partial charge in [-0.2, -0.15) is 0 Å². The van der Waals surface area contributed by atoms with E-state index in [1.54, 1.807) is 7.11 Å². The van der Waals surface area contributed by atoms with E-state index < -0.39 is 0 Å². The van der Waals surface area contributed by atoms with Crippen molar-refractivity contribution in [1.29, 1.82) is 0 Å². The van der Waals surface area contributed by atoms with E-state index >= 15 is 0 Å². The Labute approximate surface area is 152 Å². The maximum Gasteiger partial charge on any atom is 0 e. The van der Waals surface area contributed by atoms with Crippen LogP contribution in [0.1, 0.15) is 11.1 Å². The van der Waals surface area contributed by atoms with Crippen molar-refractivity contribution in [2.45, 2.75) is 6.54 Å². The fourth-order valence-corrected chi connectivity index (χ4v) is 1.61. The van der Waals surface area contributed by atoms with Gasteiger partial charge in [0.05, 0.1) is 13.7 Å². The summed E-state index contributed by atoms with van der Waals surface area (Å²) in [6, 6.07) is 18.0. The molecule has 0 amide bonds. The van der Waals surface area contributed by atoms with Crippen molar-refractivity contribution in [2.75, 3.05) is 7.11 Å². The molecule has 0 saturated heterocycles. The molecule has 24 heavy (non-hydrogen) atoms. The normalized spacial score (nSPS) is 7.79. The van der Waals surface area contributed by atoms with Crippen LogP contribution in [0, 0.1) is 20.0 Å². The zero-order valence-electron chi connectivity index (χ0n) is 13.0. The second kappa shape index (κ2) is 20.7. The molecule has 0 aromatic heterocycles. The third-order valence-corrected chi connectivity index (χ3v) is 2.49.